The molecule has 0 aliphatic heterocycles. The molecule has 1 fully saturated rings. The van der Waals surface area contributed by atoms with Crippen molar-refractivity contribution < 1.29 is 24.2 Å². The third-order valence-electron chi connectivity index (χ3n) is 7.27. The normalized spacial score (nSPS) is 16.9. The Balaban J connectivity index is 1.37. The van der Waals surface area contributed by atoms with Gasteiger partial charge in [-0.05, 0) is 46.4 Å². The second kappa shape index (κ2) is 10.1. The zero-order chi connectivity index (χ0) is 25.2. The van der Waals surface area contributed by atoms with Gasteiger partial charge in [0.2, 0.25) is 5.91 Å². The van der Waals surface area contributed by atoms with Gasteiger partial charge in [0.05, 0.1) is 5.92 Å². The van der Waals surface area contributed by atoms with Crippen molar-refractivity contribution in [3.05, 3.63) is 59.7 Å². The molecule has 0 aromatic heterocycles. The maximum Gasteiger partial charge on any atom is 0.407 e. The van der Waals surface area contributed by atoms with Crippen LogP contribution in [-0.4, -0.2) is 42.3 Å². The molecule has 2 amide bonds. The van der Waals surface area contributed by atoms with Crippen molar-refractivity contribution in [2.75, 3.05) is 13.2 Å². The smallest absolute Gasteiger partial charge is 0.407 e. The van der Waals surface area contributed by atoms with Crippen LogP contribution in [0.5, 0.6) is 0 Å². The maximum atomic E-state index is 13.0. The quantitative estimate of drug-likeness (QED) is 0.516. The van der Waals surface area contributed by atoms with Crippen molar-refractivity contribution in [1.82, 2.24) is 10.6 Å². The number of alkyl carbamates (subject to hydrolysis) is 1. The van der Waals surface area contributed by atoms with E-state index in [0.717, 1.165) is 41.5 Å². The van der Waals surface area contributed by atoms with Gasteiger partial charge >= 0.3 is 12.1 Å². The van der Waals surface area contributed by atoms with Crippen LogP contribution in [0.25, 0.3) is 11.1 Å². The number of carboxylic acid groups (broad SMARTS) is 1. The summed E-state index contributed by atoms with van der Waals surface area (Å²) in [5, 5.41) is 15.0. The van der Waals surface area contributed by atoms with E-state index in [-0.39, 0.29) is 30.9 Å². The number of carbonyl (C=O) groups is 3. The van der Waals surface area contributed by atoms with Crippen LogP contribution in [0.4, 0.5) is 4.79 Å². The summed E-state index contributed by atoms with van der Waals surface area (Å²) in [7, 11) is 0. The van der Waals surface area contributed by atoms with Gasteiger partial charge in [0.15, 0.2) is 0 Å². The lowest BCUT2D eigenvalue weighted by atomic mass is 9.75. The van der Waals surface area contributed by atoms with Crippen LogP contribution in [0, 0.1) is 17.3 Å². The minimum atomic E-state index is -1.07. The minimum Gasteiger partial charge on any atom is -0.480 e. The topological polar surface area (TPSA) is 105 Å². The average molecular weight is 479 g/mol. The highest BCUT2D eigenvalue weighted by atomic mass is 16.5. The van der Waals surface area contributed by atoms with Crippen LogP contribution in [0.15, 0.2) is 48.5 Å². The second-order valence-corrected chi connectivity index (χ2v) is 10.6. The van der Waals surface area contributed by atoms with E-state index < -0.39 is 29.4 Å². The molecule has 4 rings (SSSR count). The molecule has 7 nitrogen and oxygen atoms in total. The lowest BCUT2D eigenvalue weighted by Gasteiger charge is -2.35. The van der Waals surface area contributed by atoms with Crippen molar-refractivity contribution in [2.24, 2.45) is 17.3 Å². The number of amides is 2. The Morgan fingerprint density at radius 3 is 2.06 bits per heavy atom. The molecule has 2 atom stereocenters. The number of rotatable bonds is 8. The number of fused-ring (bicyclic) bond motifs is 3. The van der Waals surface area contributed by atoms with E-state index in [1.165, 1.54) is 0 Å². The van der Waals surface area contributed by atoms with E-state index >= 15 is 0 Å². The highest BCUT2D eigenvalue weighted by molar-refractivity contribution is 5.86. The van der Waals surface area contributed by atoms with E-state index in [1.807, 2.05) is 24.3 Å². The zero-order valence-electron chi connectivity index (χ0n) is 20.5. The Kier molecular flexibility index (Phi) is 7.15. The summed E-state index contributed by atoms with van der Waals surface area (Å²) in [5.74, 6) is -1.81. The van der Waals surface area contributed by atoms with Crippen molar-refractivity contribution in [3.63, 3.8) is 0 Å². The molecule has 186 valence electrons. The molecule has 3 N–H and O–H groups in total. The van der Waals surface area contributed by atoms with Gasteiger partial charge in [-0.3, -0.25) is 4.79 Å². The largest absolute Gasteiger partial charge is 0.480 e. The van der Waals surface area contributed by atoms with Crippen molar-refractivity contribution in [1.29, 1.82) is 0 Å². The van der Waals surface area contributed by atoms with Crippen LogP contribution in [-0.2, 0) is 14.3 Å². The lowest BCUT2D eigenvalue weighted by Crippen LogP contribution is -2.53. The Bertz CT molecular complexity index is 1060. The summed E-state index contributed by atoms with van der Waals surface area (Å²) in [5.41, 5.74) is 3.95. The zero-order valence-corrected chi connectivity index (χ0v) is 20.5. The predicted molar refractivity (Wildman–Crippen MR) is 133 cm³/mol. The van der Waals surface area contributed by atoms with E-state index in [0.29, 0.717) is 0 Å². The molecule has 0 radical (unpaired) electrons. The van der Waals surface area contributed by atoms with Gasteiger partial charge in [0.1, 0.15) is 12.6 Å². The van der Waals surface area contributed by atoms with Crippen LogP contribution >= 0.6 is 0 Å². The molecule has 0 spiro atoms. The van der Waals surface area contributed by atoms with Gasteiger partial charge in [0, 0.05) is 12.5 Å². The molecule has 2 aliphatic rings. The van der Waals surface area contributed by atoms with Gasteiger partial charge in [-0.2, -0.15) is 0 Å². The maximum absolute atomic E-state index is 13.0. The molecule has 2 aromatic carbocycles. The number of carbonyl (C=O) groups excluding carboxylic acids is 2. The standard InChI is InChI=1S/C28H34N2O5/c1-28(2,3)24(26(32)33)30-25(31)22(17-9-8-10-17)15-29-27(34)35-16-23-20-13-6-4-11-18(20)19-12-5-7-14-21(19)23/h4-7,11-14,17,22-24H,8-10,15-16H2,1-3H3,(H,29,34)(H,30,31)(H,32,33)/t22?,24-/m1/s1. The number of carboxylic acids is 1. The first kappa shape index (κ1) is 24.8. The summed E-state index contributed by atoms with van der Waals surface area (Å²) >= 11 is 0. The lowest BCUT2D eigenvalue weighted by molar-refractivity contribution is -0.146. The fourth-order valence-corrected chi connectivity index (χ4v) is 5.06. The first-order valence-corrected chi connectivity index (χ1v) is 12.3. The van der Waals surface area contributed by atoms with E-state index in [4.69, 9.17) is 4.74 Å². The first-order chi connectivity index (χ1) is 16.7. The predicted octanol–water partition coefficient (Wildman–Crippen LogP) is 4.56. The Hall–Kier alpha value is -3.35. The first-order valence-electron chi connectivity index (χ1n) is 12.3. The fourth-order valence-electron chi connectivity index (χ4n) is 5.06. The molecule has 0 saturated heterocycles. The third-order valence-corrected chi connectivity index (χ3v) is 7.27. The summed E-state index contributed by atoms with van der Waals surface area (Å²) in [6, 6.07) is 15.3. The van der Waals surface area contributed by atoms with Crippen LogP contribution in [0.1, 0.15) is 57.1 Å². The number of ether oxygens (including phenoxy) is 1. The summed E-state index contributed by atoms with van der Waals surface area (Å²) < 4.78 is 5.60. The average Bonchev–Trinajstić information content (AvgIpc) is 3.10. The van der Waals surface area contributed by atoms with Gasteiger partial charge in [0.25, 0.3) is 0 Å². The molecule has 1 saturated carbocycles. The molecule has 2 aromatic rings. The number of nitrogens with one attached hydrogen (secondary N) is 2. The Morgan fingerprint density at radius 1 is 1.00 bits per heavy atom. The number of benzene rings is 2. The molecule has 2 aliphatic carbocycles. The summed E-state index contributed by atoms with van der Waals surface area (Å²) in [6.07, 6.45) is 2.23. The fraction of sp³-hybridized carbons (Fsp3) is 0.464. The Morgan fingerprint density at radius 2 is 1.57 bits per heavy atom. The number of aliphatic carboxylic acids is 1. The van der Waals surface area contributed by atoms with Gasteiger partial charge < -0.3 is 20.5 Å². The summed E-state index contributed by atoms with van der Waals surface area (Å²) in [6.45, 7) is 5.65. The monoisotopic (exact) mass is 478 g/mol. The highest BCUT2D eigenvalue weighted by Crippen LogP contribution is 2.44. The Labute approximate surface area is 206 Å². The van der Waals surface area contributed by atoms with Crippen LogP contribution in [0.2, 0.25) is 0 Å². The van der Waals surface area contributed by atoms with E-state index in [2.05, 4.69) is 34.9 Å². The number of hydrogen-bond acceptors (Lipinski definition) is 4. The van der Waals surface area contributed by atoms with E-state index in [9.17, 15) is 19.5 Å². The molecular weight excluding hydrogens is 444 g/mol. The number of hydrogen-bond donors (Lipinski definition) is 3. The second-order valence-electron chi connectivity index (χ2n) is 10.6. The van der Waals surface area contributed by atoms with Gasteiger partial charge in [-0.25, -0.2) is 9.59 Å². The van der Waals surface area contributed by atoms with E-state index in [1.54, 1.807) is 20.8 Å². The van der Waals surface area contributed by atoms with Crippen molar-refractivity contribution >= 4 is 18.0 Å². The van der Waals surface area contributed by atoms with Crippen molar-refractivity contribution in [3.8, 4) is 11.1 Å². The molecule has 1 unspecified atom stereocenters. The van der Waals surface area contributed by atoms with Crippen LogP contribution < -0.4 is 10.6 Å². The summed E-state index contributed by atoms with van der Waals surface area (Å²) in [4.78, 5) is 37.3. The van der Waals surface area contributed by atoms with Crippen molar-refractivity contribution in [2.45, 2.75) is 52.0 Å². The van der Waals surface area contributed by atoms with Crippen LogP contribution in [0.3, 0.4) is 0 Å². The molecular formula is C28H34N2O5. The molecule has 0 bridgehead atoms. The molecule has 0 heterocycles. The molecule has 35 heavy (non-hydrogen) atoms. The highest BCUT2D eigenvalue weighted by Gasteiger charge is 2.38. The van der Waals surface area contributed by atoms with Gasteiger partial charge in [-0.1, -0.05) is 75.7 Å². The minimum absolute atomic E-state index is 0.0398. The SMILES string of the molecule is CC(C)(C)[C@H](NC(=O)C(CNC(=O)OCC1c2ccccc2-c2ccccc21)C1CCC1)C(=O)O. The molecule has 7 heteroatoms. The van der Waals surface area contributed by atoms with Gasteiger partial charge in [-0.15, -0.1) is 0 Å². The third kappa shape index (κ3) is 5.34.